The lowest BCUT2D eigenvalue weighted by atomic mass is 10.2. The highest BCUT2D eigenvalue weighted by molar-refractivity contribution is 7.99. The summed E-state index contributed by atoms with van der Waals surface area (Å²) in [5, 5.41) is 3.38. The van der Waals surface area contributed by atoms with E-state index in [4.69, 9.17) is 5.73 Å². The van der Waals surface area contributed by atoms with E-state index in [1.807, 2.05) is 19.9 Å². The number of aryl methyl sites for hydroxylation is 1. The summed E-state index contributed by atoms with van der Waals surface area (Å²) in [6.07, 6.45) is 1.70. The number of nitrogens with two attached hydrogens (primary N) is 1. The summed E-state index contributed by atoms with van der Waals surface area (Å²) in [5.41, 5.74) is 8.02. The normalized spacial score (nSPS) is 10.3. The molecule has 0 aliphatic heterocycles. The number of nitrogen functional groups attached to an aromatic ring is 1. The summed E-state index contributed by atoms with van der Waals surface area (Å²) in [5.74, 6) is -0.112. The number of nitrogens with one attached hydrogen (secondary N) is 1. The van der Waals surface area contributed by atoms with Crippen LogP contribution in [0.5, 0.6) is 0 Å². The number of nitrogens with zero attached hydrogens (tertiary/aromatic N) is 2. The summed E-state index contributed by atoms with van der Waals surface area (Å²) < 4.78 is 0. The molecule has 0 unspecified atom stereocenters. The van der Waals surface area contributed by atoms with E-state index in [9.17, 15) is 4.79 Å². The summed E-state index contributed by atoms with van der Waals surface area (Å²) >= 11 is 1.35. The molecule has 1 heterocycles. The minimum absolute atomic E-state index is 0.112. The van der Waals surface area contributed by atoms with Crippen LogP contribution in [0, 0.1) is 6.92 Å². The number of carbonyl (C=O) groups is 1. The predicted octanol–water partition coefficient (Wildman–Crippen LogP) is 2.27. The van der Waals surface area contributed by atoms with E-state index >= 15 is 0 Å². The van der Waals surface area contributed by atoms with E-state index in [0.717, 1.165) is 10.6 Å². The molecule has 2 rings (SSSR count). The first-order valence-electron chi connectivity index (χ1n) is 6.25. The van der Waals surface area contributed by atoms with Gasteiger partial charge in [-0.2, -0.15) is 0 Å². The van der Waals surface area contributed by atoms with Crippen molar-refractivity contribution in [1.82, 2.24) is 15.3 Å². The molecular weight excluding hydrogens is 272 g/mol. The molecule has 1 aromatic heterocycles. The van der Waals surface area contributed by atoms with Gasteiger partial charge in [0.15, 0.2) is 5.16 Å². The first kappa shape index (κ1) is 14.3. The van der Waals surface area contributed by atoms with Gasteiger partial charge in [-0.3, -0.25) is 4.79 Å². The van der Waals surface area contributed by atoms with Gasteiger partial charge in [0.25, 0.3) is 5.91 Å². The molecule has 104 valence electrons. The number of rotatable bonds is 4. The van der Waals surface area contributed by atoms with Gasteiger partial charge in [-0.25, -0.2) is 9.97 Å². The minimum atomic E-state index is -0.112. The highest BCUT2D eigenvalue weighted by atomic mass is 32.2. The zero-order valence-electron chi connectivity index (χ0n) is 11.4. The quantitative estimate of drug-likeness (QED) is 0.666. The molecule has 0 spiro atoms. The molecule has 0 saturated carbocycles. The number of carbonyl (C=O) groups excluding carboxylic acids is 1. The minimum Gasteiger partial charge on any atom is -0.398 e. The fourth-order valence-corrected chi connectivity index (χ4v) is 2.47. The Morgan fingerprint density at radius 2 is 2.20 bits per heavy atom. The Balaban J connectivity index is 2.27. The van der Waals surface area contributed by atoms with E-state index < -0.39 is 0 Å². The Labute approximate surface area is 122 Å². The number of hydrogen-bond acceptors (Lipinski definition) is 5. The van der Waals surface area contributed by atoms with Crippen molar-refractivity contribution in [3.8, 4) is 0 Å². The fraction of sp³-hybridized carbons (Fsp3) is 0.214. The van der Waals surface area contributed by atoms with Crippen LogP contribution in [0.3, 0.4) is 0 Å². The van der Waals surface area contributed by atoms with Crippen molar-refractivity contribution in [2.24, 2.45) is 0 Å². The maximum atomic E-state index is 11.8. The summed E-state index contributed by atoms with van der Waals surface area (Å²) in [7, 11) is 0. The van der Waals surface area contributed by atoms with Crippen LogP contribution in [0.25, 0.3) is 0 Å². The maximum Gasteiger partial charge on any atom is 0.251 e. The fourth-order valence-electron chi connectivity index (χ4n) is 1.60. The van der Waals surface area contributed by atoms with Gasteiger partial charge in [0.2, 0.25) is 0 Å². The predicted molar refractivity (Wildman–Crippen MR) is 79.8 cm³/mol. The van der Waals surface area contributed by atoms with Crippen molar-refractivity contribution in [3.63, 3.8) is 0 Å². The first-order chi connectivity index (χ1) is 9.60. The molecular formula is C14H16N4OS. The van der Waals surface area contributed by atoms with Crippen LogP contribution in [0.15, 0.2) is 40.5 Å². The van der Waals surface area contributed by atoms with Gasteiger partial charge < -0.3 is 11.1 Å². The maximum absolute atomic E-state index is 11.8. The lowest BCUT2D eigenvalue weighted by Crippen LogP contribution is -2.22. The topological polar surface area (TPSA) is 80.9 Å². The zero-order chi connectivity index (χ0) is 14.5. The molecule has 0 aliphatic rings. The Kier molecular flexibility index (Phi) is 4.57. The molecule has 1 aromatic carbocycles. The number of hydrogen-bond donors (Lipinski definition) is 2. The summed E-state index contributed by atoms with van der Waals surface area (Å²) in [4.78, 5) is 21.1. The lowest BCUT2D eigenvalue weighted by Gasteiger charge is -2.08. The summed E-state index contributed by atoms with van der Waals surface area (Å²) in [6, 6.07) is 7.03. The van der Waals surface area contributed by atoms with Gasteiger partial charge in [-0.1, -0.05) is 0 Å². The molecule has 0 radical (unpaired) electrons. The SMILES string of the molecule is CCNC(=O)c1ccc(N)c(Sc2nccc(C)n2)c1. The number of anilines is 1. The van der Waals surface area contributed by atoms with E-state index in [1.54, 1.807) is 24.4 Å². The van der Waals surface area contributed by atoms with Gasteiger partial charge in [-0.05, 0) is 49.9 Å². The third-order valence-electron chi connectivity index (χ3n) is 2.59. The van der Waals surface area contributed by atoms with Crippen molar-refractivity contribution >= 4 is 23.4 Å². The zero-order valence-corrected chi connectivity index (χ0v) is 12.2. The van der Waals surface area contributed by atoms with Crippen molar-refractivity contribution in [2.75, 3.05) is 12.3 Å². The second-order valence-corrected chi connectivity index (χ2v) is 5.20. The van der Waals surface area contributed by atoms with Crippen molar-refractivity contribution in [2.45, 2.75) is 23.9 Å². The van der Waals surface area contributed by atoms with Gasteiger partial charge in [0.1, 0.15) is 0 Å². The second kappa shape index (κ2) is 6.38. The Morgan fingerprint density at radius 3 is 2.90 bits per heavy atom. The highest BCUT2D eigenvalue weighted by Crippen LogP contribution is 2.30. The van der Waals surface area contributed by atoms with Crippen LogP contribution in [-0.2, 0) is 0 Å². The van der Waals surface area contributed by atoms with E-state index in [-0.39, 0.29) is 5.91 Å². The second-order valence-electron chi connectivity index (χ2n) is 4.19. The average molecular weight is 288 g/mol. The first-order valence-corrected chi connectivity index (χ1v) is 7.07. The van der Waals surface area contributed by atoms with Crippen LogP contribution >= 0.6 is 11.8 Å². The Morgan fingerprint density at radius 1 is 1.40 bits per heavy atom. The van der Waals surface area contributed by atoms with E-state index in [1.165, 1.54) is 11.8 Å². The largest absolute Gasteiger partial charge is 0.398 e. The summed E-state index contributed by atoms with van der Waals surface area (Å²) in [6.45, 7) is 4.37. The monoisotopic (exact) mass is 288 g/mol. The van der Waals surface area contributed by atoms with Crippen molar-refractivity contribution in [3.05, 3.63) is 41.7 Å². The van der Waals surface area contributed by atoms with Crippen LogP contribution < -0.4 is 11.1 Å². The highest BCUT2D eigenvalue weighted by Gasteiger charge is 2.10. The van der Waals surface area contributed by atoms with Crippen LogP contribution in [0.2, 0.25) is 0 Å². The molecule has 2 aromatic rings. The van der Waals surface area contributed by atoms with Gasteiger partial charge >= 0.3 is 0 Å². The van der Waals surface area contributed by atoms with Gasteiger partial charge in [-0.15, -0.1) is 0 Å². The van der Waals surface area contributed by atoms with E-state index in [0.29, 0.717) is 23.0 Å². The molecule has 0 atom stereocenters. The molecule has 0 aliphatic carbocycles. The van der Waals surface area contributed by atoms with Gasteiger partial charge in [0, 0.05) is 34.6 Å². The van der Waals surface area contributed by atoms with Crippen LogP contribution in [0.4, 0.5) is 5.69 Å². The average Bonchev–Trinajstić information content (AvgIpc) is 2.41. The van der Waals surface area contributed by atoms with Gasteiger partial charge in [0.05, 0.1) is 0 Å². The van der Waals surface area contributed by atoms with Crippen molar-refractivity contribution in [1.29, 1.82) is 0 Å². The molecule has 5 nitrogen and oxygen atoms in total. The Hall–Kier alpha value is -2.08. The number of amides is 1. The van der Waals surface area contributed by atoms with Crippen LogP contribution in [0.1, 0.15) is 23.0 Å². The molecule has 6 heteroatoms. The molecule has 0 bridgehead atoms. The van der Waals surface area contributed by atoms with Crippen molar-refractivity contribution < 1.29 is 4.79 Å². The van der Waals surface area contributed by atoms with E-state index in [2.05, 4.69) is 15.3 Å². The molecule has 20 heavy (non-hydrogen) atoms. The third-order valence-corrected chi connectivity index (χ3v) is 3.54. The molecule has 1 amide bonds. The molecule has 3 N–H and O–H groups in total. The molecule has 0 saturated heterocycles. The number of benzene rings is 1. The third kappa shape index (κ3) is 3.48. The number of aromatic nitrogens is 2. The standard InChI is InChI=1S/C14H16N4OS/c1-3-16-13(19)10-4-5-11(15)12(8-10)20-14-17-7-6-9(2)18-14/h4-8H,3,15H2,1-2H3,(H,16,19). The molecule has 0 fully saturated rings. The lowest BCUT2D eigenvalue weighted by molar-refractivity contribution is 0.0955. The smallest absolute Gasteiger partial charge is 0.251 e. The van der Waals surface area contributed by atoms with Crippen LogP contribution in [-0.4, -0.2) is 22.4 Å². The Bertz CT molecular complexity index is 630.